The molecular weight excluding hydrogens is 512 g/mol. The summed E-state index contributed by atoms with van der Waals surface area (Å²) >= 11 is 0. The van der Waals surface area contributed by atoms with Crippen molar-refractivity contribution in [1.29, 1.82) is 0 Å². The van der Waals surface area contributed by atoms with Crippen molar-refractivity contribution in [2.75, 3.05) is 31.3 Å². The fourth-order valence-electron chi connectivity index (χ4n) is 5.57. The number of nitrogens with zero attached hydrogens (tertiary/aromatic N) is 6. The molecular formula is C28H34N8O4. The average molecular weight is 547 g/mol. The number of aromatic nitrogens is 4. The highest BCUT2D eigenvalue weighted by molar-refractivity contribution is 5.78. The van der Waals surface area contributed by atoms with Crippen LogP contribution in [0.3, 0.4) is 0 Å². The number of urea groups is 1. The van der Waals surface area contributed by atoms with Crippen LogP contribution in [0, 0.1) is 0 Å². The number of imidazole rings is 1. The molecule has 12 nitrogen and oxygen atoms in total. The van der Waals surface area contributed by atoms with Crippen LogP contribution in [0.5, 0.6) is 11.5 Å². The van der Waals surface area contributed by atoms with Crippen molar-refractivity contribution in [2.24, 2.45) is 0 Å². The van der Waals surface area contributed by atoms with Crippen LogP contribution in [0.2, 0.25) is 0 Å². The molecule has 40 heavy (non-hydrogen) atoms. The van der Waals surface area contributed by atoms with E-state index in [1.165, 1.54) is 6.42 Å². The van der Waals surface area contributed by atoms with Crippen LogP contribution in [0.4, 0.5) is 10.6 Å². The van der Waals surface area contributed by atoms with Crippen molar-refractivity contribution < 1.29 is 19.1 Å². The summed E-state index contributed by atoms with van der Waals surface area (Å²) < 4.78 is 12.6. The molecule has 1 unspecified atom stereocenters. The van der Waals surface area contributed by atoms with Gasteiger partial charge in [0.05, 0.1) is 6.04 Å². The Morgan fingerprint density at radius 3 is 2.75 bits per heavy atom. The smallest absolute Gasteiger partial charge is 0.317 e. The first-order valence-corrected chi connectivity index (χ1v) is 13.9. The molecule has 2 N–H and O–H groups in total. The van der Waals surface area contributed by atoms with Gasteiger partial charge in [-0.3, -0.25) is 9.36 Å². The zero-order valence-electron chi connectivity index (χ0n) is 22.4. The molecule has 2 aromatic heterocycles. The first-order valence-electron chi connectivity index (χ1n) is 13.9. The lowest BCUT2D eigenvalue weighted by molar-refractivity contribution is -0.121. The minimum atomic E-state index is -0.256. The van der Waals surface area contributed by atoms with E-state index < -0.39 is 0 Å². The summed E-state index contributed by atoms with van der Waals surface area (Å²) in [6.07, 6.45) is 12.6. The van der Waals surface area contributed by atoms with E-state index in [4.69, 9.17) is 14.5 Å². The number of amides is 3. The minimum absolute atomic E-state index is 0.0564. The van der Waals surface area contributed by atoms with Crippen molar-refractivity contribution >= 4 is 17.8 Å². The van der Waals surface area contributed by atoms with Gasteiger partial charge in [-0.05, 0) is 36.6 Å². The van der Waals surface area contributed by atoms with Crippen molar-refractivity contribution in [3.8, 4) is 17.4 Å². The van der Waals surface area contributed by atoms with Crippen molar-refractivity contribution in [2.45, 2.75) is 57.2 Å². The van der Waals surface area contributed by atoms with Crippen LogP contribution < -0.4 is 25.0 Å². The molecule has 0 bridgehead atoms. The second-order valence-corrected chi connectivity index (χ2v) is 10.4. The molecule has 4 heterocycles. The third-order valence-electron chi connectivity index (χ3n) is 7.71. The normalized spacial score (nSPS) is 18.9. The molecule has 1 saturated heterocycles. The van der Waals surface area contributed by atoms with E-state index in [1.807, 2.05) is 29.2 Å². The number of carbonyl (C=O) groups excluding carboxylic acids is 2. The van der Waals surface area contributed by atoms with Gasteiger partial charge in [-0.1, -0.05) is 25.3 Å². The van der Waals surface area contributed by atoms with Crippen LogP contribution in [-0.2, 0) is 11.3 Å². The predicted molar refractivity (Wildman–Crippen MR) is 146 cm³/mol. The summed E-state index contributed by atoms with van der Waals surface area (Å²) in [5.41, 5.74) is 0.923. The summed E-state index contributed by atoms with van der Waals surface area (Å²) in [5.74, 6) is 2.49. The highest BCUT2D eigenvalue weighted by Crippen LogP contribution is 2.32. The number of fused-ring (bicyclic) bond motifs is 1. The lowest BCUT2D eigenvalue weighted by Crippen LogP contribution is -2.59. The standard InChI is InChI=1S/C28H34N8O4/c37-26(31-16-20-6-7-23-24(14-20)40-19-39-23)15-22-17-34(28(38)32-21-4-2-1-3-5-21)12-13-36(22)25-8-9-30-27(33-25)35-11-10-29-18-35/h6-11,14,18,21-22H,1-5,12-13,15-17,19H2,(H,31,37)(H,32,38). The second kappa shape index (κ2) is 11.8. The Hall–Kier alpha value is -4.35. The van der Waals surface area contributed by atoms with E-state index in [2.05, 4.69) is 25.5 Å². The number of carbonyl (C=O) groups is 2. The maximum atomic E-state index is 13.2. The fourth-order valence-corrected chi connectivity index (χ4v) is 5.57. The molecule has 2 fully saturated rings. The van der Waals surface area contributed by atoms with Gasteiger partial charge >= 0.3 is 6.03 Å². The zero-order valence-corrected chi connectivity index (χ0v) is 22.4. The summed E-state index contributed by atoms with van der Waals surface area (Å²) in [6.45, 7) is 2.09. The van der Waals surface area contributed by atoms with Gasteiger partial charge in [0.25, 0.3) is 0 Å². The Balaban J connectivity index is 1.15. The number of anilines is 1. The molecule has 3 amide bonds. The Morgan fingerprint density at radius 2 is 1.90 bits per heavy atom. The highest BCUT2D eigenvalue weighted by atomic mass is 16.7. The van der Waals surface area contributed by atoms with Crippen LogP contribution in [0.25, 0.3) is 5.95 Å². The van der Waals surface area contributed by atoms with Gasteiger partial charge < -0.3 is 29.9 Å². The molecule has 12 heteroatoms. The monoisotopic (exact) mass is 546 g/mol. The lowest BCUT2D eigenvalue weighted by Gasteiger charge is -2.42. The van der Waals surface area contributed by atoms with Crippen LogP contribution in [0.1, 0.15) is 44.1 Å². The van der Waals surface area contributed by atoms with Gasteiger partial charge in [0.1, 0.15) is 12.1 Å². The van der Waals surface area contributed by atoms with Crippen LogP contribution in [0.15, 0.2) is 49.2 Å². The zero-order chi connectivity index (χ0) is 27.3. The molecule has 0 spiro atoms. The molecule has 6 rings (SSSR count). The van der Waals surface area contributed by atoms with Gasteiger partial charge in [0, 0.05) is 57.2 Å². The highest BCUT2D eigenvalue weighted by Gasteiger charge is 2.33. The molecule has 1 atom stereocenters. The Morgan fingerprint density at radius 1 is 1.02 bits per heavy atom. The Kier molecular flexibility index (Phi) is 7.64. The fraction of sp³-hybridized carbons (Fsp3) is 0.464. The van der Waals surface area contributed by atoms with Gasteiger partial charge in [0.2, 0.25) is 18.6 Å². The molecule has 2 aliphatic heterocycles. The minimum Gasteiger partial charge on any atom is -0.454 e. The number of hydrogen-bond acceptors (Lipinski definition) is 8. The maximum Gasteiger partial charge on any atom is 0.317 e. The summed E-state index contributed by atoms with van der Waals surface area (Å²) in [7, 11) is 0. The Bertz CT molecular complexity index is 1330. The third kappa shape index (κ3) is 5.95. The number of ether oxygens (including phenoxy) is 2. The summed E-state index contributed by atoms with van der Waals surface area (Å²) in [6, 6.07) is 7.40. The van der Waals surface area contributed by atoms with Gasteiger partial charge in [-0.15, -0.1) is 0 Å². The molecule has 1 aromatic carbocycles. The number of nitrogens with one attached hydrogen (secondary N) is 2. The molecule has 3 aliphatic rings. The maximum absolute atomic E-state index is 13.2. The van der Waals surface area contributed by atoms with E-state index >= 15 is 0 Å². The number of piperazine rings is 1. The lowest BCUT2D eigenvalue weighted by atomic mass is 9.96. The number of rotatable bonds is 7. The van der Waals surface area contributed by atoms with E-state index in [-0.39, 0.29) is 37.2 Å². The van der Waals surface area contributed by atoms with Crippen molar-refractivity contribution in [3.05, 3.63) is 54.7 Å². The molecule has 0 radical (unpaired) electrons. The van der Waals surface area contributed by atoms with E-state index in [0.29, 0.717) is 49.4 Å². The van der Waals surface area contributed by atoms with Crippen LogP contribution >= 0.6 is 0 Å². The average Bonchev–Trinajstić information content (AvgIpc) is 3.69. The van der Waals surface area contributed by atoms with Crippen molar-refractivity contribution in [1.82, 2.24) is 35.1 Å². The van der Waals surface area contributed by atoms with E-state index in [9.17, 15) is 9.59 Å². The molecule has 210 valence electrons. The molecule has 1 aliphatic carbocycles. The Labute approximate surface area is 232 Å². The quantitative estimate of drug-likeness (QED) is 0.463. The van der Waals surface area contributed by atoms with E-state index in [0.717, 1.165) is 31.2 Å². The van der Waals surface area contributed by atoms with Gasteiger partial charge in [0.15, 0.2) is 11.5 Å². The van der Waals surface area contributed by atoms with Gasteiger partial charge in [-0.2, -0.15) is 4.98 Å². The number of hydrogen-bond donors (Lipinski definition) is 2. The first kappa shape index (κ1) is 25.9. The SMILES string of the molecule is O=C(CC1CN(C(=O)NC2CCCCC2)CCN1c1ccnc(-n2ccnc2)n1)NCc1ccc2c(c1)OCO2. The van der Waals surface area contributed by atoms with Gasteiger partial charge in [-0.25, -0.2) is 14.8 Å². The summed E-state index contributed by atoms with van der Waals surface area (Å²) in [4.78, 5) is 43.5. The first-order chi connectivity index (χ1) is 19.6. The predicted octanol–water partition coefficient (Wildman–Crippen LogP) is 2.63. The third-order valence-corrected chi connectivity index (χ3v) is 7.71. The number of benzene rings is 1. The van der Waals surface area contributed by atoms with E-state index in [1.54, 1.807) is 29.5 Å². The molecule has 3 aromatic rings. The second-order valence-electron chi connectivity index (χ2n) is 10.4. The van der Waals surface area contributed by atoms with Crippen molar-refractivity contribution in [3.63, 3.8) is 0 Å². The van der Waals surface area contributed by atoms with Crippen LogP contribution in [-0.4, -0.2) is 74.9 Å². The largest absolute Gasteiger partial charge is 0.454 e. The topological polar surface area (TPSA) is 127 Å². The molecule has 1 saturated carbocycles. The summed E-state index contributed by atoms with van der Waals surface area (Å²) in [5, 5.41) is 6.25.